The van der Waals surface area contributed by atoms with E-state index in [4.69, 9.17) is 11.6 Å². The van der Waals surface area contributed by atoms with E-state index < -0.39 is 9.84 Å². The fourth-order valence-electron chi connectivity index (χ4n) is 2.26. The third-order valence-electron chi connectivity index (χ3n) is 3.24. The fraction of sp³-hybridized carbons (Fsp3) is 0.375. The Labute approximate surface area is 146 Å². The Kier molecular flexibility index (Phi) is 6.01. The lowest BCUT2D eigenvalue weighted by Crippen LogP contribution is -2.21. The van der Waals surface area contributed by atoms with Crippen LogP contribution in [0.25, 0.3) is 5.69 Å². The molecule has 0 bridgehead atoms. The summed E-state index contributed by atoms with van der Waals surface area (Å²) in [6.07, 6.45) is 4.96. The van der Waals surface area contributed by atoms with Crippen LogP contribution in [0.15, 0.2) is 36.9 Å². The molecule has 0 fully saturated rings. The summed E-state index contributed by atoms with van der Waals surface area (Å²) in [5.74, 6) is -0.370. The van der Waals surface area contributed by atoms with E-state index in [0.29, 0.717) is 10.7 Å². The van der Waals surface area contributed by atoms with Crippen LogP contribution >= 0.6 is 11.6 Å². The van der Waals surface area contributed by atoms with Gasteiger partial charge in [-0.15, -0.1) is 0 Å². The van der Waals surface area contributed by atoms with E-state index >= 15 is 0 Å². The average molecular weight is 370 g/mol. The molecule has 8 heteroatoms. The maximum atomic E-state index is 11.9. The summed E-state index contributed by atoms with van der Waals surface area (Å²) in [7, 11) is -3.21. The SMILES string of the molecule is CC(C)CS(=O)(=O)CCC(=O)Nc1ccc(-n2ccnc2)c(Cl)c1. The zero-order valence-electron chi connectivity index (χ0n) is 13.6. The van der Waals surface area contributed by atoms with Gasteiger partial charge in [-0.25, -0.2) is 13.4 Å². The van der Waals surface area contributed by atoms with Gasteiger partial charge in [0.25, 0.3) is 0 Å². The number of amides is 1. The van der Waals surface area contributed by atoms with Gasteiger partial charge in [-0.05, 0) is 24.1 Å². The fourth-order valence-corrected chi connectivity index (χ4v) is 4.22. The maximum absolute atomic E-state index is 11.9. The quantitative estimate of drug-likeness (QED) is 0.813. The third-order valence-corrected chi connectivity index (χ3v) is 5.54. The lowest BCUT2D eigenvalue weighted by Gasteiger charge is -2.10. The van der Waals surface area contributed by atoms with Crippen LogP contribution in [0.4, 0.5) is 5.69 Å². The van der Waals surface area contributed by atoms with Gasteiger partial charge in [0.05, 0.1) is 28.5 Å². The number of nitrogens with one attached hydrogen (secondary N) is 1. The topological polar surface area (TPSA) is 81.1 Å². The highest BCUT2D eigenvalue weighted by molar-refractivity contribution is 7.91. The summed E-state index contributed by atoms with van der Waals surface area (Å²) in [6, 6.07) is 5.09. The van der Waals surface area contributed by atoms with Crippen molar-refractivity contribution in [3.8, 4) is 5.69 Å². The first kappa shape index (κ1) is 18.5. The van der Waals surface area contributed by atoms with Crippen molar-refractivity contribution >= 4 is 33.0 Å². The van der Waals surface area contributed by atoms with Crippen LogP contribution < -0.4 is 5.32 Å². The van der Waals surface area contributed by atoms with Crippen molar-refractivity contribution in [2.75, 3.05) is 16.8 Å². The summed E-state index contributed by atoms with van der Waals surface area (Å²) < 4.78 is 25.4. The number of sulfone groups is 1. The van der Waals surface area contributed by atoms with Gasteiger partial charge in [0.15, 0.2) is 9.84 Å². The Morgan fingerprint density at radius 1 is 1.38 bits per heavy atom. The number of halogens is 1. The first-order valence-electron chi connectivity index (χ1n) is 7.55. The number of nitrogens with zero attached hydrogens (tertiary/aromatic N) is 2. The molecule has 0 saturated carbocycles. The van der Waals surface area contributed by atoms with Crippen LogP contribution in [0.5, 0.6) is 0 Å². The van der Waals surface area contributed by atoms with E-state index in [-0.39, 0.29) is 29.8 Å². The van der Waals surface area contributed by atoms with Crippen molar-refractivity contribution in [2.45, 2.75) is 20.3 Å². The third kappa shape index (κ3) is 5.35. The molecule has 6 nitrogen and oxygen atoms in total. The van der Waals surface area contributed by atoms with Crippen molar-refractivity contribution in [1.82, 2.24) is 9.55 Å². The summed E-state index contributed by atoms with van der Waals surface area (Å²) in [5.41, 5.74) is 1.27. The molecule has 1 aromatic heterocycles. The molecule has 0 aliphatic rings. The van der Waals surface area contributed by atoms with Crippen LogP contribution in [-0.2, 0) is 14.6 Å². The first-order chi connectivity index (χ1) is 11.3. The van der Waals surface area contributed by atoms with Gasteiger partial charge in [-0.3, -0.25) is 4.79 Å². The molecular weight excluding hydrogens is 350 g/mol. The Balaban J connectivity index is 1.96. The van der Waals surface area contributed by atoms with Crippen LogP contribution in [0.2, 0.25) is 5.02 Å². The Hall–Kier alpha value is -1.86. The van der Waals surface area contributed by atoms with Gasteiger partial charge < -0.3 is 9.88 Å². The van der Waals surface area contributed by atoms with Gasteiger partial charge in [0.1, 0.15) is 0 Å². The van der Waals surface area contributed by atoms with E-state index in [1.165, 1.54) is 0 Å². The predicted octanol–water partition coefficient (Wildman–Crippen LogP) is 2.93. The summed E-state index contributed by atoms with van der Waals surface area (Å²) in [4.78, 5) is 15.9. The second-order valence-electron chi connectivity index (χ2n) is 5.94. The number of carbonyl (C=O) groups is 1. The van der Waals surface area contributed by atoms with Crippen molar-refractivity contribution < 1.29 is 13.2 Å². The van der Waals surface area contributed by atoms with Gasteiger partial charge in [0.2, 0.25) is 5.91 Å². The van der Waals surface area contributed by atoms with Gasteiger partial charge >= 0.3 is 0 Å². The zero-order valence-corrected chi connectivity index (χ0v) is 15.1. The minimum Gasteiger partial charge on any atom is -0.326 e. The molecule has 2 rings (SSSR count). The summed E-state index contributed by atoms with van der Waals surface area (Å²) >= 11 is 6.22. The second-order valence-corrected chi connectivity index (χ2v) is 8.58. The highest BCUT2D eigenvalue weighted by Crippen LogP contribution is 2.24. The van der Waals surface area contributed by atoms with E-state index in [9.17, 15) is 13.2 Å². The molecule has 1 heterocycles. The lowest BCUT2D eigenvalue weighted by molar-refractivity contribution is -0.115. The lowest BCUT2D eigenvalue weighted by atomic mass is 10.2. The molecule has 0 spiro atoms. The molecule has 0 aliphatic carbocycles. The highest BCUT2D eigenvalue weighted by atomic mass is 35.5. The minimum absolute atomic E-state index is 0.0487. The van der Waals surface area contributed by atoms with Crippen molar-refractivity contribution in [3.63, 3.8) is 0 Å². The van der Waals surface area contributed by atoms with E-state index in [1.807, 2.05) is 13.8 Å². The van der Waals surface area contributed by atoms with Crippen molar-refractivity contribution in [1.29, 1.82) is 0 Å². The zero-order chi connectivity index (χ0) is 17.7. The number of rotatable bonds is 7. The molecule has 0 aliphatic heterocycles. The minimum atomic E-state index is -3.21. The van der Waals surface area contributed by atoms with Crippen LogP contribution in [0, 0.1) is 5.92 Å². The first-order valence-corrected chi connectivity index (χ1v) is 9.75. The Morgan fingerprint density at radius 2 is 2.12 bits per heavy atom. The van der Waals surface area contributed by atoms with Crippen molar-refractivity contribution in [2.24, 2.45) is 5.92 Å². The summed E-state index contributed by atoms with van der Waals surface area (Å²) in [6.45, 7) is 3.67. The Bertz CT molecular complexity index is 802. The Morgan fingerprint density at radius 3 is 2.71 bits per heavy atom. The maximum Gasteiger partial charge on any atom is 0.225 e. The number of aromatic nitrogens is 2. The smallest absolute Gasteiger partial charge is 0.225 e. The second kappa shape index (κ2) is 7.81. The molecule has 1 N–H and O–H groups in total. The van der Waals surface area contributed by atoms with E-state index in [2.05, 4.69) is 10.3 Å². The molecule has 1 aromatic carbocycles. The number of hydrogen-bond acceptors (Lipinski definition) is 4. The van der Waals surface area contributed by atoms with Gasteiger partial charge in [-0.2, -0.15) is 0 Å². The molecule has 24 heavy (non-hydrogen) atoms. The number of carbonyl (C=O) groups excluding carboxylic acids is 1. The number of imidazole rings is 1. The molecule has 0 radical (unpaired) electrons. The van der Waals surface area contributed by atoms with Crippen LogP contribution in [0.3, 0.4) is 0 Å². The summed E-state index contributed by atoms with van der Waals surface area (Å²) in [5, 5.41) is 3.13. The van der Waals surface area contributed by atoms with Crippen LogP contribution in [-0.4, -0.2) is 35.4 Å². The van der Waals surface area contributed by atoms with E-state index in [1.54, 1.807) is 41.5 Å². The molecule has 1 amide bonds. The molecule has 0 unspecified atom stereocenters. The van der Waals surface area contributed by atoms with Gasteiger partial charge in [-0.1, -0.05) is 25.4 Å². The van der Waals surface area contributed by atoms with E-state index in [0.717, 1.165) is 5.69 Å². The normalized spacial score (nSPS) is 11.7. The number of benzene rings is 1. The predicted molar refractivity (Wildman–Crippen MR) is 95.3 cm³/mol. The molecule has 0 saturated heterocycles. The molecule has 130 valence electrons. The highest BCUT2D eigenvalue weighted by Gasteiger charge is 2.15. The average Bonchev–Trinajstić information content (AvgIpc) is 2.98. The standard InChI is InChI=1S/C16H20ClN3O3S/c1-12(2)10-24(22,23)8-5-16(21)19-13-3-4-15(14(17)9-13)20-7-6-18-11-20/h3-4,6-7,9,11-12H,5,8,10H2,1-2H3,(H,19,21). The monoisotopic (exact) mass is 369 g/mol. The molecule has 0 atom stereocenters. The number of hydrogen-bond donors (Lipinski definition) is 1. The largest absolute Gasteiger partial charge is 0.326 e. The number of anilines is 1. The van der Waals surface area contributed by atoms with Crippen molar-refractivity contribution in [3.05, 3.63) is 41.9 Å². The molecule has 2 aromatic rings. The van der Waals surface area contributed by atoms with Crippen LogP contribution in [0.1, 0.15) is 20.3 Å². The van der Waals surface area contributed by atoms with Gasteiger partial charge in [0, 0.05) is 24.5 Å². The molecular formula is C16H20ClN3O3S.